The van der Waals surface area contributed by atoms with Crippen LogP contribution in [0.15, 0.2) is 17.2 Å². The monoisotopic (exact) mass is 292 g/mol. The number of hydrazone groups is 1. The van der Waals surface area contributed by atoms with E-state index in [1.54, 1.807) is 11.2 Å². The molecule has 1 heterocycles. The van der Waals surface area contributed by atoms with Gasteiger partial charge in [-0.3, -0.25) is 9.80 Å². The molecule has 1 unspecified atom stereocenters. The maximum Gasteiger partial charge on any atom is 0.495 e. The van der Waals surface area contributed by atoms with E-state index >= 15 is 0 Å². The van der Waals surface area contributed by atoms with E-state index in [2.05, 4.69) is 11.7 Å². The number of Topliss-reactive ketones (excluding diaryl/α,β-unsaturated/α-hetero) is 1. The standard InChI is InChI=1S/C15H25BN2O3/c1-11(16-20-14(2,3)15(4,5)21-16)10-17-18(6)12-8-7-9-13(12)19/h10,12H,1,7-9H2,2-6H3/b17-10-. The van der Waals surface area contributed by atoms with Gasteiger partial charge in [-0.15, -0.1) is 0 Å². The van der Waals surface area contributed by atoms with Crippen LogP contribution in [0.1, 0.15) is 47.0 Å². The zero-order valence-electron chi connectivity index (χ0n) is 13.7. The average molecular weight is 292 g/mol. The highest BCUT2D eigenvalue weighted by atomic mass is 16.7. The second-order valence-electron chi connectivity index (χ2n) is 6.86. The zero-order valence-corrected chi connectivity index (χ0v) is 13.7. The fraction of sp³-hybridized carbons (Fsp3) is 0.733. The van der Waals surface area contributed by atoms with Crippen LogP contribution in [0.5, 0.6) is 0 Å². The summed E-state index contributed by atoms with van der Waals surface area (Å²) in [6.07, 6.45) is 4.10. The molecule has 0 aromatic carbocycles. The van der Waals surface area contributed by atoms with Crippen LogP contribution in [-0.4, -0.2) is 48.4 Å². The third-order valence-electron chi connectivity index (χ3n) is 4.69. The van der Waals surface area contributed by atoms with Crippen LogP contribution in [0.4, 0.5) is 0 Å². The Kier molecular flexibility index (Phi) is 4.31. The number of allylic oxidation sites excluding steroid dienone is 1. The Morgan fingerprint density at radius 2 is 1.95 bits per heavy atom. The van der Waals surface area contributed by atoms with Gasteiger partial charge >= 0.3 is 7.12 Å². The SMILES string of the molecule is C=C(/C=N\N(C)C1CCCC1=O)B1OC(C)(C)C(C)(C)O1. The third-order valence-corrected chi connectivity index (χ3v) is 4.69. The minimum Gasteiger partial charge on any atom is -0.399 e. The van der Waals surface area contributed by atoms with Crippen molar-refractivity contribution >= 4 is 19.1 Å². The summed E-state index contributed by atoms with van der Waals surface area (Å²) >= 11 is 0. The minimum atomic E-state index is -0.494. The second-order valence-corrected chi connectivity index (χ2v) is 6.86. The maximum absolute atomic E-state index is 11.7. The number of ketones is 1. The Morgan fingerprint density at radius 3 is 2.43 bits per heavy atom. The Balaban J connectivity index is 1.96. The van der Waals surface area contributed by atoms with Gasteiger partial charge in [-0.1, -0.05) is 6.58 Å². The second kappa shape index (κ2) is 5.57. The van der Waals surface area contributed by atoms with Gasteiger partial charge in [-0.25, -0.2) is 0 Å². The van der Waals surface area contributed by atoms with Crippen LogP contribution in [0, 0.1) is 0 Å². The lowest BCUT2D eigenvalue weighted by Gasteiger charge is -2.32. The molecule has 5 nitrogen and oxygen atoms in total. The molecule has 2 rings (SSSR count). The van der Waals surface area contributed by atoms with E-state index < -0.39 is 7.12 Å². The minimum absolute atomic E-state index is 0.104. The van der Waals surface area contributed by atoms with E-state index in [-0.39, 0.29) is 23.0 Å². The highest BCUT2D eigenvalue weighted by Gasteiger charge is 2.51. The third kappa shape index (κ3) is 3.21. The van der Waals surface area contributed by atoms with Crippen molar-refractivity contribution < 1.29 is 14.1 Å². The quantitative estimate of drug-likeness (QED) is 0.453. The summed E-state index contributed by atoms with van der Waals surface area (Å²) in [4.78, 5) is 11.7. The van der Waals surface area contributed by atoms with Crippen LogP contribution in [0.3, 0.4) is 0 Å². The molecule has 1 aliphatic carbocycles. The van der Waals surface area contributed by atoms with E-state index in [0.717, 1.165) is 12.8 Å². The molecule has 0 aromatic rings. The van der Waals surface area contributed by atoms with Crippen molar-refractivity contribution in [2.24, 2.45) is 5.10 Å². The van der Waals surface area contributed by atoms with Gasteiger partial charge < -0.3 is 9.31 Å². The van der Waals surface area contributed by atoms with Crippen molar-refractivity contribution in [2.45, 2.75) is 64.2 Å². The molecule has 0 N–H and O–H groups in total. The molecule has 0 bridgehead atoms. The van der Waals surface area contributed by atoms with Crippen molar-refractivity contribution in [3.8, 4) is 0 Å². The normalized spacial score (nSPS) is 27.6. The molecule has 2 aliphatic rings. The molecular formula is C15H25BN2O3. The highest BCUT2D eigenvalue weighted by molar-refractivity contribution is 6.60. The van der Waals surface area contributed by atoms with Gasteiger partial charge in [-0.05, 0) is 46.0 Å². The average Bonchev–Trinajstić information content (AvgIpc) is 2.88. The van der Waals surface area contributed by atoms with E-state index in [4.69, 9.17) is 9.31 Å². The van der Waals surface area contributed by atoms with Crippen molar-refractivity contribution in [1.29, 1.82) is 0 Å². The van der Waals surface area contributed by atoms with Crippen LogP contribution in [0.2, 0.25) is 0 Å². The van der Waals surface area contributed by atoms with E-state index in [1.165, 1.54) is 0 Å². The van der Waals surface area contributed by atoms with Gasteiger partial charge in [0.2, 0.25) is 0 Å². The molecule has 116 valence electrons. The molecule has 1 saturated heterocycles. The summed E-state index contributed by atoms with van der Waals surface area (Å²) in [5.74, 6) is 0.260. The Hall–Kier alpha value is -1.14. The van der Waals surface area contributed by atoms with E-state index in [1.807, 2.05) is 34.7 Å². The summed E-state index contributed by atoms with van der Waals surface area (Å²) < 4.78 is 11.8. The number of nitrogens with zero attached hydrogens (tertiary/aromatic N) is 2. The smallest absolute Gasteiger partial charge is 0.399 e. The van der Waals surface area contributed by atoms with Crippen molar-refractivity contribution in [2.75, 3.05) is 7.05 Å². The van der Waals surface area contributed by atoms with Crippen LogP contribution in [0.25, 0.3) is 0 Å². The predicted octanol–water partition coefficient (Wildman–Crippen LogP) is 2.21. The molecule has 6 heteroatoms. The lowest BCUT2D eigenvalue weighted by molar-refractivity contribution is -0.121. The molecule has 2 fully saturated rings. The van der Waals surface area contributed by atoms with Gasteiger partial charge in [-0.2, -0.15) is 5.10 Å². The number of hydrogen-bond acceptors (Lipinski definition) is 5. The Bertz CT molecular complexity index is 458. The van der Waals surface area contributed by atoms with Crippen LogP contribution < -0.4 is 0 Å². The van der Waals surface area contributed by atoms with Crippen molar-refractivity contribution in [3.63, 3.8) is 0 Å². The Labute approximate surface area is 127 Å². The first-order valence-corrected chi connectivity index (χ1v) is 7.48. The zero-order chi connectivity index (χ0) is 15.8. The molecule has 0 amide bonds. The fourth-order valence-electron chi connectivity index (χ4n) is 2.49. The van der Waals surface area contributed by atoms with Gasteiger partial charge in [0.25, 0.3) is 0 Å². The fourth-order valence-corrected chi connectivity index (χ4v) is 2.49. The molecular weight excluding hydrogens is 267 g/mol. The summed E-state index contributed by atoms with van der Waals surface area (Å²) in [5.41, 5.74) is -0.116. The maximum atomic E-state index is 11.7. The number of likely N-dealkylation sites (N-methyl/N-ethyl adjacent to an activating group) is 1. The summed E-state index contributed by atoms with van der Waals surface area (Å²) in [5, 5.41) is 6.04. The largest absolute Gasteiger partial charge is 0.495 e. The summed E-state index contributed by atoms with van der Waals surface area (Å²) in [6, 6.07) is -0.104. The molecule has 0 aromatic heterocycles. The van der Waals surface area contributed by atoms with Gasteiger partial charge in [0.05, 0.1) is 11.2 Å². The Morgan fingerprint density at radius 1 is 1.38 bits per heavy atom. The van der Waals surface area contributed by atoms with E-state index in [0.29, 0.717) is 11.9 Å². The number of hydrogen-bond donors (Lipinski definition) is 0. The topological polar surface area (TPSA) is 51.1 Å². The lowest BCUT2D eigenvalue weighted by Crippen LogP contribution is -2.41. The van der Waals surface area contributed by atoms with Gasteiger partial charge in [0, 0.05) is 19.7 Å². The van der Waals surface area contributed by atoms with Gasteiger partial charge in [0.15, 0.2) is 5.78 Å². The number of carbonyl (C=O) groups excluding carboxylic acids is 1. The number of rotatable bonds is 4. The molecule has 1 atom stereocenters. The first kappa shape index (κ1) is 16.2. The highest BCUT2D eigenvalue weighted by Crippen LogP contribution is 2.38. The number of carbonyl (C=O) groups is 1. The molecule has 0 radical (unpaired) electrons. The molecule has 0 spiro atoms. The molecule has 21 heavy (non-hydrogen) atoms. The molecule has 1 aliphatic heterocycles. The summed E-state index contributed by atoms with van der Waals surface area (Å²) in [6.45, 7) is 12.0. The van der Waals surface area contributed by atoms with E-state index in [9.17, 15) is 4.79 Å². The summed E-state index contributed by atoms with van der Waals surface area (Å²) in [7, 11) is 1.33. The van der Waals surface area contributed by atoms with Gasteiger partial charge in [0.1, 0.15) is 6.04 Å². The van der Waals surface area contributed by atoms with Crippen molar-refractivity contribution in [3.05, 3.63) is 12.1 Å². The molecule has 1 saturated carbocycles. The van der Waals surface area contributed by atoms with Crippen LogP contribution >= 0.6 is 0 Å². The lowest BCUT2D eigenvalue weighted by atomic mass is 9.80. The predicted molar refractivity (Wildman–Crippen MR) is 84.1 cm³/mol. The first-order chi connectivity index (χ1) is 9.64. The first-order valence-electron chi connectivity index (χ1n) is 7.48. The van der Waals surface area contributed by atoms with Crippen molar-refractivity contribution in [1.82, 2.24) is 5.01 Å². The van der Waals surface area contributed by atoms with Crippen LogP contribution in [-0.2, 0) is 14.1 Å².